The van der Waals surface area contributed by atoms with Gasteiger partial charge in [0, 0.05) is 37.6 Å². The Hall–Kier alpha value is -1.16. The van der Waals surface area contributed by atoms with Gasteiger partial charge in [-0.2, -0.15) is 0 Å². The minimum absolute atomic E-state index is 0.625. The molecule has 0 aliphatic heterocycles. The van der Waals surface area contributed by atoms with Gasteiger partial charge in [0.15, 0.2) is 0 Å². The van der Waals surface area contributed by atoms with Crippen molar-refractivity contribution in [2.75, 3.05) is 25.0 Å². The van der Waals surface area contributed by atoms with Gasteiger partial charge in [0.1, 0.15) is 0 Å². The lowest BCUT2D eigenvalue weighted by Gasteiger charge is -2.22. The van der Waals surface area contributed by atoms with E-state index in [1.54, 1.807) is 0 Å². The van der Waals surface area contributed by atoms with E-state index in [9.17, 15) is 0 Å². The summed E-state index contributed by atoms with van der Waals surface area (Å²) in [5.74, 6) is 1.46. The summed E-state index contributed by atoms with van der Waals surface area (Å²) >= 11 is 0. The average Bonchev–Trinajstić information content (AvgIpc) is 2.27. The summed E-state index contributed by atoms with van der Waals surface area (Å²) in [5, 5.41) is 3.09. The molecule has 0 saturated heterocycles. The largest absolute Gasteiger partial charge is 0.341 e. The van der Waals surface area contributed by atoms with Gasteiger partial charge in [-0.15, -0.1) is 0 Å². The summed E-state index contributed by atoms with van der Waals surface area (Å²) < 4.78 is 0. The summed E-state index contributed by atoms with van der Waals surface area (Å²) in [7, 11) is 1.92. The molecule has 0 unspecified atom stereocenters. The van der Waals surface area contributed by atoms with Crippen LogP contribution in [0.2, 0.25) is 0 Å². The van der Waals surface area contributed by atoms with Crippen molar-refractivity contribution in [3.05, 3.63) is 18.0 Å². The molecule has 0 fully saturated rings. The zero-order chi connectivity index (χ0) is 12.0. The second-order valence-electron chi connectivity index (χ2n) is 4.35. The van der Waals surface area contributed by atoms with Crippen molar-refractivity contribution < 1.29 is 0 Å². The van der Waals surface area contributed by atoms with Crippen LogP contribution in [-0.4, -0.2) is 30.1 Å². The second kappa shape index (κ2) is 6.43. The monoisotopic (exact) mass is 222 g/mol. The van der Waals surface area contributed by atoms with E-state index in [4.69, 9.17) is 0 Å². The van der Waals surface area contributed by atoms with Crippen LogP contribution in [0, 0.1) is 5.92 Å². The number of nitrogens with zero attached hydrogens (tertiary/aromatic N) is 3. The number of anilines is 1. The summed E-state index contributed by atoms with van der Waals surface area (Å²) in [4.78, 5) is 11.0. The van der Waals surface area contributed by atoms with Gasteiger partial charge in [0.25, 0.3) is 0 Å². The van der Waals surface area contributed by atoms with E-state index >= 15 is 0 Å². The minimum atomic E-state index is 0.625. The van der Waals surface area contributed by atoms with Crippen molar-refractivity contribution in [1.82, 2.24) is 15.3 Å². The molecule has 0 radical (unpaired) electrons. The Morgan fingerprint density at radius 3 is 2.38 bits per heavy atom. The SMILES string of the molecule is CCN(CC(C)C)c1ncc(CNC)cn1. The molecule has 0 aromatic carbocycles. The maximum atomic E-state index is 4.40. The number of aromatic nitrogens is 2. The van der Waals surface area contributed by atoms with Crippen LogP contribution in [0.5, 0.6) is 0 Å². The van der Waals surface area contributed by atoms with Gasteiger partial charge in [-0.3, -0.25) is 0 Å². The Bertz CT molecular complexity index is 294. The molecule has 4 nitrogen and oxygen atoms in total. The molecule has 0 bridgehead atoms. The van der Waals surface area contributed by atoms with Gasteiger partial charge in [-0.1, -0.05) is 13.8 Å². The third-order valence-corrected chi connectivity index (χ3v) is 2.32. The fraction of sp³-hybridized carbons (Fsp3) is 0.667. The molecule has 0 amide bonds. The quantitative estimate of drug-likeness (QED) is 0.795. The molecule has 16 heavy (non-hydrogen) atoms. The van der Waals surface area contributed by atoms with Gasteiger partial charge < -0.3 is 10.2 Å². The topological polar surface area (TPSA) is 41.1 Å². The fourth-order valence-corrected chi connectivity index (χ4v) is 1.60. The molecule has 1 rings (SSSR count). The Balaban J connectivity index is 2.70. The summed E-state index contributed by atoms with van der Waals surface area (Å²) in [5.41, 5.74) is 1.12. The van der Waals surface area contributed by atoms with Crippen LogP contribution in [0.4, 0.5) is 5.95 Å². The van der Waals surface area contributed by atoms with Gasteiger partial charge >= 0.3 is 0 Å². The van der Waals surface area contributed by atoms with Crippen molar-refractivity contribution in [3.63, 3.8) is 0 Å². The first kappa shape index (κ1) is 12.9. The Morgan fingerprint density at radius 2 is 1.94 bits per heavy atom. The number of nitrogens with one attached hydrogen (secondary N) is 1. The van der Waals surface area contributed by atoms with Crippen LogP contribution in [0.15, 0.2) is 12.4 Å². The summed E-state index contributed by atoms with van der Waals surface area (Å²) in [6.45, 7) is 9.31. The Labute approximate surface area is 98.1 Å². The first-order valence-electron chi connectivity index (χ1n) is 5.87. The maximum Gasteiger partial charge on any atom is 0.225 e. The third-order valence-electron chi connectivity index (χ3n) is 2.32. The van der Waals surface area contributed by atoms with Gasteiger partial charge in [-0.25, -0.2) is 9.97 Å². The molecule has 1 N–H and O–H groups in total. The van der Waals surface area contributed by atoms with E-state index in [0.717, 1.165) is 31.1 Å². The molecule has 0 atom stereocenters. The number of hydrogen-bond acceptors (Lipinski definition) is 4. The van der Waals surface area contributed by atoms with E-state index in [-0.39, 0.29) is 0 Å². The molecule has 1 aromatic heterocycles. The van der Waals surface area contributed by atoms with Crippen molar-refractivity contribution in [1.29, 1.82) is 0 Å². The number of rotatable bonds is 6. The van der Waals surface area contributed by atoms with Crippen molar-refractivity contribution in [2.45, 2.75) is 27.3 Å². The summed E-state index contributed by atoms with van der Waals surface area (Å²) in [6, 6.07) is 0. The van der Waals surface area contributed by atoms with Crippen molar-refractivity contribution in [3.8, 4) is 0 Å². The van der Waals surface area contributed by atoms with Crippen LogP contribution >= 0.6 is 0 Å². The molecule has 0 aliphatic rings. The zero-order valence-electron chi connectivity index (χ0n) is 10.7. The van der Waals surface area contributed by atoms with Crippen LogP contribution in [-0.2, 0) is 6.54 Å². The minimum Gasteiger partial charge on any atom is -0.341 e. The lowest BCUT2D eigenvalue weighted by Crippen LogP contribution is -2.29. The van der Waals surface area contributed by atoms with E-state index in [0.29, 0.717) is 5.92 Å². The fourth-order valence-electron chi connectivity index (χ4n) is 1.60. The summed E-state index contributed by atoms with van der Waals surface area (Å²) in [6.07, 6.45) is 3.78. The molecular weight excluding hydrogens is 200 g/mol. The van der Waals surface area contributed by atoms with Crippen LogP contribution in [0.25, 0.3) is 0 Å². The van der Waals surface area contributed by atoms with Crippen LogP contribution in [0.1, 0.15) is 26.3 Å². The molecule has 0 spiro atoms. The molecule has 90 valence electrons. The molecule has 4 heteroatoms. The normalized spacial score (nSPS) is 10.8. The van der Waals surface area contributed by atoms with Crippen LogP contribution < -0.4 is 10.2 Å². The predicted octanol–water partition coefficient (Wildman–Crippen LogP) is 1.68. The first-order valence-corrected chi connectivity index (χ1v) is 5.87. The van der Waals surface area contributed by atoms with Crippen molar-refractivity contribution >= 4 is 5.95 Å². The first-order chi connectivity index (χ1) is 7.67. The molecular formula is C12H22N4. The lowest BCUT2D eigenvalue weighted by molar-refractivity contribution is 0.608. The smallest absolute Gasteiger partial charge is 0.225 e. The predicted molar refractivity (Wildman–Crippen MR) is 67.5 cm³/mol. The Kier molecular flexibility index (Phi) is 5.19. The molecule has 1 aromatic rings. The molecule has 0 aliphatic carbocycles. The maximum absolute atomic E-state index is 4.40. The lowest BCUT2D eigenvalue weighted by atomic mass is 10.2. The van der Waals surface area contributed by atoms with E-state index < -0.39 is 0 Å². The van der Waals surface area contributed by atoms with Crippen molar-refractivity contribution in [2.24, 2.45) is 5.92 Å². The molecule has 0 saturated carbocycles. The average molecular weight is 222 g/mol. The highest BCUT2D eigenvalue weighted by Crippen LogP contribution is 2.09. The second-order valence-corrected chi connectivity index (χ2v) is 4.35. The Morgan fingerprint density at radius 1 is 1.31 bits per heavy atom. The zero-order valence-corrected chi connectivity index (χ0v) is 10.7. The highest BCUT2D eigenvalue weighted by Gasteiger charge is 2.08. The van der Waals surface area contributed by atoms with Gasteiger partial charge in [-0.05, 0) is 19.9 Å². The molecule has 1 heterocycles. The van der Waals surface area contributed by atoms with E-state index in [1.165, 1.54) is 0 Å². The highest BCUT2D eigenvalue weighted by atomic mass is 15.2. The van der Waals surface area contributed by atoms with Gasteiger partial charge in [0.05, 0.1) is 0 Å². The third kappa shape index (κ3) is 3.77. The van der Waals surface area contributed by atoms with E-state index in [1.807, 2.05) is 19.4 Å². The van der Waals surface area contributed by atoms with Gasteiger partial charge in [0.2, 0.25) is 5.95 Å². The highest BCUT2D eigenvalue weighted by molar-refractivity contribution is 5.29. The van der Waals surface area contributed by atoms with E-state index in [2.05, 4.69) is 41.0 Å². The standard InChI is InChI=1S/C12H22N4/c1-5-16(9-10(2)3)12-14-7-11(6-13-4)8-15-12/h7-8,10,13H,5-6,9H2,1-4H3. The number of hydrogen-bond donors (Lipinski definition) is 1. The van der Waals surface area contributed by atoms with Crippen LogP contribution in [0.3, 0.4) is 0 Å².